The highest BCUT2D eigenvalue weighted by molar-refractivity contribution is 5.83. The lowest BCUT2D eigenvalue weighted by Gasteiger charge is -2.33. The summed E-state index contributed by atoms with van der Waals surface area (Å²) in [6.45, 7) is 2.08. The van der Waals surface area contributed by atoms with Crippen molar-refractivity contribution >= 4 is 21.8 Å². The minimum absolute atomic E-state index is 0.152. The van der Waals surface area contributed by atoms with Gasteiger partial charge >= 0.3 is 0 Å². The lowest BCUT2D eigenvalue weighted by molar-refractivity contribution is 0.315. The normalized spacial score (nSPS) is 18.2. The standard InChI is InChI=1S/C25H21N5O2/c1-15-8-9-26-24-22(15)25(31)30(14-27-24)13-21-28-23(29-32-21)20-11-19(12-20)18-7-6-16-4-2-3-5-17(16)10-18/h2-10,14,19-20H,11-13H2,1H3/t19-,20-. The predicted octanol–water partition coefficient (Wildman–Crippen LogP) is 4.35. The van der Waals surface area contributed by atoms with E-state index in [9.17, 15) is 4.79 Å². The van der Waals surface area contributed by atoms with Gasteiger partial charge in [0.2, 0.25) is 5.89 Å². The van der Waals surface area contributed by atoms with Crippen LogP contribution in [0.2, 0.25) is 0 Å². The number of fused-ring (bicyclic) bond motifs is 2. The molecule has 6 rings (SSSR count). The summed E-state index contributed by atoms with van der Waals surface area (Å²) in [7, 11) is 0. The van der Waals surface area contributed by atoms with Gasteiger partial charge in [0.15, 0.2) is 11.5 Å². The van der Waals surface area contributed by atoms with Crippen LogP contribution in [0.4, 0.5) is 0 Å². The van der Waals surface area contributed by atoms with Crippen LogP contribution in [0, 0.1) is 6.92 Å². The predicted molar refractivity (Wildman–Crippen MR) is 121 cm³/mol. The van der Waals surface area contributed by atoms with Gasteiger partial charge in [0.05, 0.1) is 5.39 Å². The quantitative estimate of drug-likeness (QED) is 0.427. The SMILES string of the molecule is Cc1ccnc2ncn(Cc3nc([C@H]4C[C@H](c5ccc6ccccc6c5)C4)no3)c(=O)c12. The molecule has 0 unspecified atom stereocenters. The Labute approximate surface area is 183 Å². The second-order valence-electron chi connectivity index (χ2n) is 8.52. The van der Waals surface area contributed by atoms with Gasteiger partial charge in [0.1, 0.15) is 12.9 Å². The van der Waals surface area contributed by atoms with Crippen LogP contribution in [0.25, 0.3) is 21.8 Å². The lowest BCUT2D eigenvalue weighted by Crippen LogP contribution is -2.23. The summed E-state index contributed by atoms with van der Waals surface area (Å²) in [6, 6.07) is 16.9. The van der Waals surface area contributed by atoms with E-state index in [1.54, 1.807) is 6.20 Å². The summed E-state index contributed by atoms with van der Waals surface area (Å²) < 4.78 is 6.95. The minimum Gasteiger partial charge on any atom is -0.337 e. The van der Waals surface area contributed by atoms with E-state index in [-0.39, 0.29) is 18.0 Å². The molecular formula is C25H21N5O2. The van der Waals surface area contributed by atoms with E-state index < -0.39 is 0 Å². The van der Waals surface area contributed by atoms with Gasteiger partial charge in [-0.3, -0.25) is 9.36 Å². The molecule has 1 aliphatic carbocycles. The minimum atomic E-state index is -0.152. The topological polar surface area (TPSA) is 86.7 Å². The zero-order valence-corrected chi connectivity index (χ0v) is 17.6. The molecule has 0 bridgehead atoms. The van der Waals surface area contributed by atoms with E-state index in [0.29, 0.717) is 22.8 Å². The van der Waals surface area contributed by atoms with Crippen LogP contribution >= 0.6 is 0 Å². The maximum absolute atomic E-state index is 12.8. The number of rotatable bonds is 4. The molecular weight excluding hydrogens is 402 g/mol. The van der Waals surface area contributed by atoms with Crippen LogP contribution in [0.5, 0.6) is 0 Å². The monoisotopic (exact) mass is 423 g/mol. The van der Waals surface area contributed by atoms with Gasteiger partial charge in [0.25, 0.3) is 5.56 Å². The van der Waals surface area contributed by atoms with Crippen molar-refractivity contribution in [3.8, 4) is 0 Å². The van der Waals surface area contributed by atoms with Crippen molar-refractivity contribution in [2.75, 3.05) is 0 Å². The molecule has 7 heteroatoms. The highest BCUT2D eigenvalue weighted by Crippen LogP contribution is 2.47. The summed E-state index contributed by atoms with van der Waals surface area (Å²) >= 11 is 0. The maximum atomic E-state index is 12.8. The Morgan fingerprint density at radius 1 is 1.03 bits per heavy atom. The van der Waals surface area contributed by atoms with E-state index in [4.69, 9.17) is 4.52 Å². The largest absolute Gasteiger partial charge is 0.337 e. The Bertz CT molecular complexity index is 1510. The number of pyridine rings is 1. The molecule has 0 spiro atoms. The third kappa shape index (κ3) is 3.17. The fourth-order valence-electron chi connectivity index (χ4n) is 4.55. The summed E-state index contributed by atoms with van der Waals surface area (Å²) in [4.78, 5) is 25.9. The first-order valence-electron chi connectivity index (χ1n) is 10.8. The number of hydrogen-bond donors (Lipinski definition) is 0. The van der Waals surface area contributed by atoms with Crippen LogP contribution in [0.15, 0.2) is 70.4 Å². The van der Waals surface area contributed by atoms with Crippen LogP contribution < -0.4 is 5.56 Å². The summed E-state index contributed by atoms with van der Waals surface area (Å²) in [5.74, 6) is 1.92. The molecule has 0 N–H and O–H groups in total. The molecule has 0 aliphatic heterocycles. The lowest BCUT2D eigenvalue weighted by atomic mass is 9.71. The van der Waals surface area contributed by atoms with Crippen LogP contribution in [0.1, 0.15) is 47.5 Å². The fourth-order valence-corrected chi connectivity index (χ4v) is 4.55. The highest BCUT2D eigenvalue weighted by Gasteiger charge is 2.34. The van der Waals surface area contributed by atoms with Gasteiger partial charge in [-0.05, 0) is 53.6 Å². The molecule has 3 heterocycles. The van der Waals surface area contributed by atoms with Gasteiger partial charge in [-0.15, -0.1) is 0 Å². The summed E-state index contributed by atoms with van der Waals surface area (Å²) in [5, 5.41) is 7.24. The molecule has 2 aromatic carbocycles. The van der Waals surface area contributed by atoms with Gasteiger partial charge in [-0.1, -0.05) is 47.6 Å². The summed E-state index contributed by atoms with van der Waals surface area (Å²) in [6.07, 6.45) is 5.14. The Hall–Kier alpha value is -3.87. The number of aryl methyl sites for hydroxylation is 1. The average Bonchev–Trinajstić information content (AvgIpc) is 3.22. The first-order chi connectivity index (χ1) is 15.7. The molecule has 158 valence electrons. The number of benzene rings is 2. The Balaban J connectivity index is 1.18. The number of aromatic nitrogens is 5. The van der Waals surface area contributed by atoms with Gasteiger partial charge in [-0.25, -0.2) is 9.97 Å². The average molecular weight is 423 g/mol. The van der Waals surface area contributed by atoms with Crippen molar-refractivity contribution in [1.82, 2.24) is 24.7 Å². The molecule has 0 amide bonds. The second-order valence-corrected chi connectivity index (χ2v) is 8.52. The second kappa shape index (κ2) is 7.37. The first-order valence-corrected chi connectivity index (χ1v) is 10.8. The highest BCUT2D eigenvalue weighted by atomic mass is 16.5. The van der Waals surface area contributed by atoms with Crippen LogP contribution in [0.3, 0.4) is 0 Å². The molecule has 1 saturated carbocycles. The van der Waals surface area contributed by atoms with E-state index in [2.05, 4.69) is 62.6 Å². The maximum Gasteiger partial charge on any atom is 0.263 e. The molecule has 3 aromatic heterocycles. The van der Waals surface area contributed by atoms with E-state index in [1.165, 1.54) is 27.2 Å². The molecule has 7 nitrogen and oxygen atoms in total. The zero-order chi connectivity index (χ0) is 21.7. The van der Waals surface area contributed by atoms with Crippen LogP contribution in [-0.2, 0) is 6.54 Å². The van der Waals surface area contributed by atoms with Gasteiger partial charge < -0.3 is 4.52 Å². The first kappa shape index (κ1) is 18.9. The van der Waals surface area contributed by atoms with Crippen molar-refractivity contribution in [3.63, 3.8) is 0 Å². The van der Waals surface area contributed by atoms with E-state index in [0.717, 1.165) is 24.2 Å². The molecule has 1 aliphatic rings. The molecule has 5 aromatic rings. The van der Waals surface area contributed by atoms with Gasteiger partial charge in [0, 0.05) is 12.1 Å². The number of hydrogen-bond acceptors (Lipinski definition) is 6. The van der Waals surface area contributed by atoms with E-state index >= 15 is 0 Å². The van der Waals surface area contributed by atoms with Crippen molar-refractivity contribution in [2.24, 2.45) is 0 Å². The van der Waals surface area contributed by atoms with Gasteiger partial charge in [-0.2, -0.15) is 4.98 Å². The molecule has 0 atom stereocenters. The molecule has 0 radical (unpaired) electrons. The van der Waals surface area contributed by atoms with E-state index in [1.807, 2.05) is 13.0 Å². The third-order valence-electron chi connectivity index (χ3n) is 6.47. The number of nitrogens with zero attached hydrogens (tertiary/aromatic N) is 5. The van der Waals surface area contributed by atoms with Crippen LogP contribution in [-0.4, -0.2) is 24.7 Å². The van der Waals surface area contributed by atoms with Crippen molar-refractivity contribution in [2.45, 2.75) is 38.1 Å². The Kier molecular flexibility index (Phi) is 4.35. The zero-order valence-electron chi connectivity index (χ0n) is 17.6. The van der Waals surface area contributed by atoms with Crippen molar-refractivity contribution < 1.29 is 4.52 Å². The smallest absolute Gasteiger partial charge is 0.263 e. The van der Waals surface area contributed by atoms with Crippen molar-refractivity contribution in [3.05, 3.63) is 94.3 Å². The molecule has 0 saturated heterocycles. The molecule has 32 heavy (non-hydrogen) atoms. The molecule has 1 fully saturated rings. The Morgan fingerprint density at radius 3 is 2.75 bits per heavy atom. The Morgan fingerprint density at radius 2 is 1.88 bits per heavy atom. The fraction of sp³-hybridized carbons (Fsp3) is 0.240. The summed E-state index contributed by atoms with van der Waals surface area (Å²) in [5.41, 5.74) is 2.51. The third-order valence-corrected chi connectivity index (χ3v) is 6.47. The van der Waals surface area contributed by atoms with Crippen molar-refractivity contribution in [1.29, 1.82) is 0 Å².